The Morgan fingerprint density at radius 2 is 2.04 bits per heavy atom. The molecule has 1 aromatic carbocycles. The third-order valence-corrected chi connectivity index (χ3v) is 5.18. The normalized spacial score (nSPS) is 22.4. The average Bonchev–Trinajstić information content (AvgIpc) is 2.96. The quantitative estimate of drug-likeness (QED) is 0.529. The van der Waals surface area contributed by atoms with Crippen molar-refractivity contribution < 1.29 is 29.1 Å². The number of carbonyl (C=O) groups excluding carboxylic acids is 2. The highest BCUT2D eigenvalue weighted by atomic mass is 16.5. The number of amides is 1. The van der Waals surface area contributed by atoms with Gasteiger partial charge in [0.25, 0.3) is 0 Å². The molecule has 0 bridgehead atoms. The van der Waals surface area contributed by atoms with Gasteiger partial charge in [-0.15, -0.1) is 0 Å². The Bertz CT molecular complexity index is 803. The van der Waals surface area contributed by atoms with Crippen LogP contribution in [0.1, 0.15) is 18.9 Å². The van der Waals surface area contributed by atoms with E-state index in [2.05, 4.69) is 5.32 Å². The van der Waals surface area contributed by atoms with Gasteiger partial charge in [-0.25, -0.2) is 4.79 Å². The van der Waals surface area contributed by atoms with Crippen molar-refractivity contribution in [2.75, 3.05) is 13.7 Å². The zero-order valence-electron chi connectivity index (χ0n) is 15.3. The molecular weight excluding hydrogens is 349 g/mol. The number of aromatic hydroxyl groups is 1. The minimum atomic E-state index is -0.964. The molecule has 0 saturated carbocycles. The number of fused-ring (bicyclic) bond motifs is 1. The van der Waals surface area contributed by atoms with Crippen molar-refractivity contribution in [2.24, 2.45) is 0 Å². The third kappa shape index (κ3) is 3.91. The summed E-state index contributed by atoms with van der Waals surface area (Å²) >= 11 is 0. The van der Waals surface area contributed by atoms with Gasteiger partial charge in [0.15, 0.2) is 0 Å². The van der Waals surface area contributed by atoms with Crippen LogP contribution in [0.4, 0.5) is 0 Å². The first-order valence-corrected chi connectivity index (χ1v) is 8.70. The van der Waals surface area contributed by atoms with E-state index in [1.807, 2.05) is 6.92 Å². The number of hydrogen-bond acceptors (Lipinski definition) is 6. The van der Waals surface area contributed by atoms with Crippen molar-refractivity contribution in [1.82, 2.24) is 5.32 Å². The molecule has 1 aliphatic carbocycles. The fourth-order valence-electron chi connectivity index (χ4n) is 3.38. The highest BCUT2D eigenvalue weighted by Crippen LogP contribution is 2.50. The Morgan fingerprint density at radius 3 is 2.70 bits per heavy atom. The number of ether oxygens (including phenoxy) is 1. The van der Waals surface area contributed by atoms with E-state index in [0.29, 0.717) is 18.6 Å². The Kier molecular flexibility index (Phi) is 5.39. The largest absolute Gasteiger partial charge is 0.508 e. The molecule has 0 spiro atoms. The maximum atomic E-state index is 12.7. The molecule has 1 fully saturated rings. The zero-order valence-corrected chi connectivity index (χ0v) is 15.3. The number of rotatable bonds is 5. The summed E-state index contributed by atoms with van der Waals surface area (Å²) in [4.78, 5) is 24.9. The van der Waals surface area contributed by atoms with E-state index in [0.717, 1.165) is 11.1 Å². The average molecular weight is 371 g/mol. The summed E-state index contributed by atoms with van der Waals surface area (Å²) in [6.07, 6.45) is 4.04. The maximum absolute atomic E-state index is 12.7. The van der Waals surface area contributed by atoms with Gasteiger partial charge in [-0.05, 0) is 29.7 Å². The number of phenolic OH excluding ortho intramolecular Hbond substituents is 1. The second-order valence-corrected chi connectivity index (χ2v) is 7.06. The van der Waals surface area contributed by atoms with Gasteiger partial charge in [0, 0.05) is 17.3 Å². The minimum Gasteiger partial charge on any atom is -0.508 e. The lowest BCUT2D eigenvalue weighted by Crippen LogP contribution is -2.44. The van der Waals surface area contributed by atoms with Gasteiger partial charge >= 0.3 is 13.1 Å². The molecule has 1 amide bonds. The molecule has 27 heavy (non-hydrogen) atoms. The number of benzene rings is 1. The molecule has 0 radical (unpaired) electrons. The topological polar surface area (TPSA) is 105 Å². The first-order chi connectivity index (χ1) is 12.8. The Labute approximate surface area is 157 Å². The summed E-state index contributed by atoms with van der Waals surface area (Å²) in [5.41, 5.74) is 2.18. The molecule has 1 heterocycles. The van der Waals surface area contributed by atoms with Crippen molar-refractivity contribution in [1.29, 1.82) is 0 Å². The van der Waals surface area contributed by atoms with E-state index in [1.54, 1.807) is 24.3 Å². The van der Waals surface area contributed by atoms with Crippen LogP contribution in [-0.2, 0) is 25.4 Å². The van der Waals surface area contributed by atoms with Gasteiger partial charge in [0.2, 0.25) is 5.91 Å². The molecule has 3 rings (SSSR count). The van der Waals surface area contributed by atoms with Gasteiger partial charge in [0.1, 0.15) is 11.8 Å². The lowest BCUT2D eigenvalue weighted by molar-refractivity contribution is -0.144. The third-order valence-electron chi connectivity index (χ3n) is 5.18. The molecule has 1 aromatic rings. The Balaban J connectivity index is 1.73. The number of hydrogen-bond donors (Lipinski definition) is 3. The highest BCUT2D eigenvalue weighted by Gasteiger charge is 2.50. The predicted octanol–water partition coefficient (Wildman–Crippen LogP) is 1.12. The fourth-order valence-corrected chi connectivity index (χ4v) is 3.38. The monoisotopic (exact) mass is 371 g/mol. The highest BCUT2D eigenvalue weighted by molar-refractivity contribution is 6.49. The van der Waals surface area contributed by atoms with Crippen LogP contribution in [-0.4, -0.2) is 48.9 Å². The smallest absolute Gasteiger partial charge is 0.465 e. The summed E-state index contributed by atoms with van der Waals surface area (Å²) in [6, 6.07) is 5.53. The van der Waals surface area contributed by atoms with Gasteiger partial charge in [-0.1, -0.05) is 31.2 Å². The number of allylic oxidation sites excluding steroid dienone is 2. The summed E-state index contributed by atoms with van der Waals surface area (Å²) in [5.74, 6) is -0.822. The van der Waals surface area contributed by atoms with E-state index in [9.17, 15) is 19.7 Å². The number of methoxy groups -OCH3 is 1. The summed E-state index contributed by atoms with van der Waals surface area (Å²) in [5, 5.41) is 21.5. The predicted molar refractivity (Wildman–Crippen MR) is 98.8 cm³/mol. The molecule has 2 atom stereocenters. The molecule has 8 heteroatoms. The summed E-state index contributed by atoms with van der Waals surface area (Å²) < 4.78 is 10.1. The number of nitrogens with one attached hydrogen (secondary N) is 1. The van der Waals surface area contributed by atoms with E-state index in [4.69, 9.17) is 9.39 Å². The van der Waals surface area contributed by atoms with E-state index < -0.39 is 24.4 Å². The van der Waals surface area contributed by atoms with E-state index in [1.165, 1.54) is 19.2 Å². The van der Waals surface area contributed by atoms with Crippen molar-refractivity contribution in [3.63, 3.8) is 0 Å². The number of phenols is 1. The lowest BCUT2D eigenvalue weighted by Gasteiger charge is -2.29. The molecule has 0 aromatic heterocycles. The molecule has 7 nitrogen and oxygen atoms in total. The summed E-state index contributed by atoms with van der Waals surface area (Å²) in [7, 11) is 0.300. The van der Waals surface area contributed by atoms with Crippen LogP contribution in [0, 0.1) is 0 Å². The number of carbonyl (C=O) groups is 2. The number of esters is 1. The van der Waals surface area contributed by atoms with Gasteiger partial charge < -0.3 is 24.8 Å². The van der Waals surface area contributed by atoms with Gasteiger partial charge in [0.05, 0.1) is 13.7 Å². The molecule has 142 valence electrons. The first kappa shape index (κ1) is 19.2. The van der Waals surface area contributed by atoms with E-state index in [-0.39, 0.29) is 18.1 Å². The van der Waals surface area contributed by atoms with Crippen molar-refractivity contribution >= 4 is 19.0 Å². The zero-order chi connectivity index (χ0) is 19.6. The van der Waals surface area contributed by atoms with Crippen molar-refractivity contribution in [3.05, 3.63) is 53.1 Å². The first-order valence-electron chi connectivity index (χ1n) is 8.70. The second-order valence-electron chi connectivity index (χ2n) is 7.06. The SMILES string of the molecule is COC(=O)[C@H](Cc1ccc(O)cc1)NC(=O)C1=CC=C2COB(O)C2(C)C1. The molecule has 1 unspecified atom stereocenters. The fraction of sp³-hybridized carbons (Fsp3) is 0.368. The van der Waals surface area contributed by atoms with Crippen LogP contribution in [0.2, 0.25) is 5.31 Å². The Hall–Kier alpha value is -2.58. The second kappa shape index (κ2) is 7.58. The Morgan fingerprint density at radius 1 is 1.33 bits per heavy atom. The molecule has 2 aliphatic rings. The standard InChI is InChI=1S/C19H22BNO6/c1-19-10-13(5-6-14(19)11-27-20(19)25)17(23)21-16(18(24)26-2)9-12-3-7-15(22)8-4-12/h3-8,16,22,25H,9-11H2,1-2H3,(H,21,23)/t16-,19?/m0/s1. The van der Waals surface area contributed by atoms with Crippen molar-refractivity contribution in [3.8, 4) is 5.75 Å². The van der Waals surface area contributed by atoms with Crippen LogP contribution in [0.5, 0.6) is 5.75 Å². The molecule has 3 N–H and O–H groups in total. The van der Waals surface area contributed by atoms with Crippen LogP contribution in [0.3, 0.4) is 0 Å². The minimum absolute atomic E-state index is 0.123. The van der Waals surface area contributed by atoms with Crippen LogP contribution < -0.4 is 5.32 Å². The van der Waals surface area contributed by atoms with Gasteiger partial charge in [-0.3, -0.25) is 4.79 Å². The molecule has 1 aliphatic heterocycles. The summed E-state index contributed by atoms with van der Waals surface area (Å²) in [6.45, 7) is 2.19. The maximum Gasteiger partial charge on any atom is 0.465 e. The van der Waals surface area contributed by atoms with Crippen LogP contribution >= 0.6 is 0 Å². The van der Waals surface area contributed by atoms with Crippen LogP contribution in [0.25, 0.3) is 0 Å². The molecular formula is C19H22BNO6. The van der Waals surface area contributed by atoms with Crippen molar-refractivity contribution in [2.45, 2.75) is 31.1 Å². The van der Waals surface area contributed by atoms with Gasteiger partial charge in [-0.2, -0.15) is 0 Å². The van der Waals surface area contributed by atoms with Crippen LogP contribution in [0.15, 0.2) is 47.6 Å². The lowest BCUT2D eigenvalue weighted by atomic mass is 9.53. The molecule has 1 saturated heterocycles. The van der Waals surface area contributed by atoms with E-state index >= 15 is 0 Å².